The average molecular weight is 307 g/mol. The van der Waals surface area contributed by atoms with Gasteiger partial charge in [0.15, 0.2) is 0 Å². The van der Waals surface area contributed by atoms with Gasteiger partial charge in [0, 0.05) is 3.57 Å². The van der Waals surface area contributed by atoms with E-state index in [0.29, 0.717) is 0 Å². The zero-order valence-corrected chi connectivity index (χ0v) is 9.93. The van der Waals surface area contributed by atoms with Gasteiger partial charge in [0.25, 0.3) is 0 Å². The first-order chi connectivity index (χ1) is 4.33. The molecular formula is C6H4BrIMg. The van der Waals surface area contributed by atoms with Crippen molar-refractivity contribution in [1.82, 2.24) is 0 Å². The predicted octanol–water partition coefficient (Wildman–Crippen LogP) is 1.93. The quantitative estimate of drug-likeness (QED) is 0.549. The van der Waals surface area contributed by atoms with Gasteiger partial charge in [-0.15, -0.1) is 0 Å². The van der Waals surface area contributed by atoms with Crippen LogP contribution in [0.4, 0.5) is 0 Å². The lowest BCUT2D eigenvalue weighted by Crippen LogP contribution is -2.06. The molecule has 0 fully saturated rings. The molecule has 1 aromatic rings. The van der Waals surface area contributed by atoms with Crippen molar-refractivity contribution < 1.29 is 0 Å². The molecular weight excluding hydrogens is 303 g/mol. The first kappa shape index (κ1) is 8.29. The van der Waals surface area contributed by atoms with Crippen LogP contribution in [0.15, 0.2) is 24.3 Å². The van der Waals surface area contributed by atoms with E-state index in [1.54, 1.807) is 0 Å². The molecule has 0 radical (unpaired) electrons. The van der Waals surface area contributed by atoms with E-state index < -0.39 is 0 Å². The van der Waals surface area contributed by atoms with Crippen LogP contribution in [-0.4, -0.2) is 18.2 Å². The lowest BCUT2D eigenvalue weighted by Gasteiger charge is -1.92. The van der Waals surface area contributed by atoms with Crippen LogP contribution < -0.4 is 3.69 Å². The highest BCUT2D eigenvalue weighted by molar-refractivity contribution is 14.1. The van der Waals surface area contributed by atoms with Gasteiger partial charge in [-0.3, -0.25) is 12.9 Å². The van der Waals surface area contributed by atoms with E-state index in [1.165, 1.54) is 7.26 Å². The Bertz CT molecular complexity index is 202. The molecule has 0 aliphatic carbocycles. The molecule has 0 amide bonds. The van der Waals surface area contributed by atoms with Crippen molar-refractivity contribution in [2.75, 3.05) is 0 Å². The molecule has 3 heteroatoms. The predicted molar refractivity (Wildman–Crippen MR) is 53.5 cm³/mol. The largest absolute Gasteiger partial charge is 0.506 e. The van der Waals surface area contributed by atoms with Gasteiger partial charge < -0.3 is 0 Å². The Morgan fingerprint density at radius 2 is 2.22 bits per heavy atom. The van der Waals surface area contributed by atoms with Crippen LogP contribution in [0.1, 0.15) is 0 Å². The molecule has 44 valence electrons. The fraction of sp³-hybridized carbons (Fsp3) is 0. The first-order valence-corrected chi connectivity index (χ1v) is 8.32. The highest BCUT2D eigenvalue weighted by atomic mass is 127. The fourth-order valence-electron chi connectivity index (χ4n) is 0.620. The summed E-state index contributed by atoms with van der Waals surface area (Å²) in [4.78, 5) is 0. The standard InChI is InChI=1S/C6H4I.BrH.Mg/c7-6-4-2-1-3-5-6;;/h1-2,4-5H;1H;/q;;+1/p-1. The average Bonchev–Trinajstić information content (AvgIpc) is 1.88. The van der Waals surface area contributed by atoms with E-state index in [0.717, 1.165) is 0 Å². The fourth-order valence-corrected chi connectivity index (χ4v) is 3.21. The molecule has 0 aromatic heterocycles. The second kappa shape index (κ2) is 4.15. The van der Waals surface area contributed by atoms with Crippen molar-refractivity contribution >= 4 is 57.4 Å². The first-order valence-electron chi connectivity index (χ1n) is 2.63. The number of halogens is 2. The van der Waals surface area contributed by atoms with Crippen LogP contribution >= 0.6 is 35.5 Å². The number of rotatable bonds is 1. The molecule has 1 rings (SSSR count). The van der Waals surface area contributed by atoms with Crippen LogP contribution in [0.25, 0.3) is 0 Å². The minimum absolute atomic E-state index is 0.122. The van der Waals surface area contributed by atoms with Gasteiger partial charge in [0.05, 0.1) is 0 Å². The van der Waals surface area contributed by atoms with Gasteiger partial charge in [-0.05, 0) is 28.7 Å². The Morgan fingerprint density at radius 1 is 1.44 bits per heavy atom. The second-order valence-corrected chi connectivity index (χ2v) is 5.78. The number of benzene rings is 1. The molecule has 0 aliphatic rings. The highest BCUT2D eigenvalue weighted by Gasteiger charge is 1.92. The third-order valence-corrected chi connectivity index (χ3v) is 4.41. The number of hydrogen-bond donors (Lipinski definition) is 0. The Morgan fingerprint density at radius 3 is 2.67 bits per heavy atom. The molecule has 0 unspecified atom stereocenters. The molecule has 0 spiro atoms. The summed E-state index contributed by atoms with van der Waals surface area (Å²) in [6, 6.07) is 8.61. The van der Waals surface area contributed by atoms with Crippen LogP contribution in [0.5, 0.6) is 0 Å². The molecule has 0 nitrogen and oxygen atoms in total. The van der Waals surface area contributed by atoms with E-state index in [9.17, 15) is 0 Å². The molecule has 9 heavy (non-hydrogen) atoms. The summed E-state index contributed by atoms with van der Waals surface area (Å²) < 4.78 is 2.80. The second-order valence-electron chi connectivity index (χ2n) is 1.76. The van der Waals surface area contributed by atoms with Gasteiger partial charge in [-0.1, -0.05) is 18.2 Å². The molecule has 0 bridgehead atoms. The maximum absolute atomic E-state index is 3.53. The summed E-state index contributed by atoms with van der Waals surface area (Å²) in [5.74, 6) is 0. The van der Waals surface area contributed by atoms with E-state index in [1.807, 2.05) is 0 Å². The molecule has 0 aliphatic heterocycles. The molecule has 0 saturated heterocycles. The lowest BCUT2D eigenvalue weighted by atomic mass is 10.4. The van der Waals surface area contributed by atoms with E-state index in [-0.39, 0.29) is 18.2 Å². The van der Waals surface area contributed by atoms with Crippen LogP contribution in [0, 0.1) is 3.57 Å². The summed E-state index contributed by atoms with van der Waals surface area (Å²) in [6.45, 7) is 0. The summed E-state index contributed by atoms with van der Waals surface area (Å²) in [6.07, 6.45) is 0. The molecule has 0 saturated carbocycles. The molecule has 0 N–H and O–H groups in total. The maximum Gasteiger partial charge on any atom is 0.506 e. The van der Waals surface area contributed by atoms with Gasteiger partial charge in [-0.2, -0.15) is 3.69 Å². The molecule has 1 aromatic carbocycles. The van der Waals surface area contributed by atoms with Crippen molar-refractivity contribution in [3.63, 3.8) is 0 Å². The molecule has 0 heterocycles. The van der Waals surface area contributed by atoms with Crippen LogP contribution in [0.2, 0.25) is 0 Å². The van der Waals surface area contributed by atoms with Crippen molar-refractivity contribution in [2.45, 2.75) is 0 Å². The van der Waals surface area contributed by atoms with Gasteiger partial charge >= 0.3 is 18.2 Å². The molecule has 0 atom stereocenters. The zero-order valence-electron chi connectivity index (χ0n) is 4.77. The van der Waals surface area contributed by atoms with Gasteiger partial charge in [0.2, 0.25) is 0 Å². The van der Waals surface area contributed by atoms with E-state index in [2.05, 4.69) is 59.7 Å². The number of hydrogen-bond acceptors (Lipinski definition) is 0. The zero-order chi connectivity index (χ0) is 6.69. The van der Waals surface area contributed by atoms with E-state index >= 15 is 0 Å². The van der Waals surface area contributed by atoms with Crippen molar-refractivity contribution in [2.24, 2.45) is 0 Å². The van der Waals surface area contributed by atoms with E-state index in [4.69, 9.17) is 0 Å². The van der Waals surface area contributed by atoms with Crippen LogP contribution in [-0.2, 0) is 0 Å². The maximum atomic E-state index is 3.53. The SMILES string of the molecule is [Br][Mg][c]1cccc(I)c1. The van der Waals surface area contributed by atoms with Gasteiger partial charge in [0.1, 0.15) is 0 Å². The summed E-state index contributed by atoms with van der Waals surface area (Å²) in [5, 5.41) is 0. The Labute approximate surface area is 84.1 Å². The third kappa shape index (κ3) is 2.73. The Kier molecular flexibility index (Phi) is 3.83. The minimum Gasteiger partial charge on any atom is -0.296 e. The van der Waals surface area contributed by atoms with Crippen molar-refractivity contribution in [3.05, 3.63) is 27.8 Å². The summed E-state index contributed by atoms with van der Waals surface area (Å²) in [5.41, 5.74) is 0. The van der Waals surface area contributed by atoms with Gasteiger partial charge in [-0.25, -0.2) is 0 Å². The normalized spacial score (nSPS) is 8.67. The summed E-state index contributed by atoms with van der Waals surface area (Å²) >= 11 is 5.73. The minimum atomic E-state index is -0.122. The van der Waals surface area contributed by atoms with Crippen LogP contribution in [0.3, 0.4) is 0 Å². The van der Waals surface area contributed by atoms with Crippen molar-refractivity contribution in [3.8, 4) is 0 Å². The summed E-state index contributed by atoms with van der Waals surface area (Å²) in [7, 11) is 0. The topological polar surface area (TPSA) is 0 Å². The smallest absolute Gasteiger partial charge is 0.296 e. The monoisotopic (exact) mass is 306 g/mol. The Hall–Kier alpha value is 1.20. The third-order valence-electron chi connectivity index (χ3n) is 1.04. The highest BCUT2D eigenvalue weighted by Crippen LogP contribution is 1.99. The Balaban J connectivity index is 2.94. The lowest BCUT2D eigenvalue weighted by molar-refractivity contribution is 1.70. The van der Waals surface area contributed by atoms with Crippen molar-refractivity contribution in [1.29, 1.82) is 0 Å².